The van der Waals surface area contributed by atoms with Crippen molar-refractivity contribution in [1.82, 2.24) is 35.4 Å². The molecule has 0 saturated carbocycles. The molecule has 0 radical (unpaired) electrons. The van der Waals surface area contributed by atoms with Crippen molar-refractivity contribution < 1.29 is 8.78 Å². The number of aryl methyl sites for hydroxylation is 2. The highest BCUT2D eigenvalue weighted by Gasteiger charge is 2.41. The Balaban J connectivity index is 1.84. The van der Waals surface area contributed by atoms with Crippen LogP contribution in [0.5, 0.6) is 0 Å². The number of tetrazole rings is 1. The summed E-state index contributed by atoms with van der Waals surface area (Å²) in [6.45, 7) is 3.91. The van der Waals surface area contributed by atoms with E-state index in [0.717, 1.165) is 11.1 Å². The topological polar surface area (TPSA) is 109 Å². The highest BCUT2D eigenvalue weighted by Crippen LogP contribution is 2.33. The van der Waals surface area contributed by atoms with Crippen molar-refractivity contribution in [3.63, 3.8) is 0 Å². The molecule has 0 aliphatic heterocycles. The number of alkyl halides is 2. The Morgan fingerprint density at radius 3 is 2.75 bits per heavy atom. The zero-order chi connectivity index (χ0) is 19.9. The van der Waals surface area contributed by atoms with Crippen LogP contribution in [-0.4, -0.2) is 35.4 Å². The highest BCUT2D eigenvalue weighted by molar-refractivity contribution is 5.78. The van der Waals surface area contributed by atoms with E-state index in [1.54, 1.807) is 25.1 Å². The van der Waals surface area contributed by atoms with Crippen LogP contribution in [0.1, 0.15) is 33.9 Å². The van der Waals surface area contributed by atoms with Gasteiger partial charge in [-0.05, 0) is 48.4 Å². The number of nitrogens with one attached hydrogen (secondary N) is 1. The van der Waals surface area contributed by atoms with Gasteiger partial charge in [-0.15, -0.1) is 10.2 Å². The minimum atomic E-state index is -3.51. The molecular weight excluding hydrogens is 366 g/mol. The molecule has 1 N–H and O–H groups in total. The van der Waals surface area contributed by atoms with E-state index in [4.69, 9.17) is 0 Å². The van der Waals surface area contributed by atoms with Crippen molar-refractivity contribution in [3.8, 4) is 6.07 Å². The molecule has 3 aromatic heterocycles. The van der Waals surface area contributed by atoms with Crippen LogP contribution in [-0.2, 0) is 12.5 Å². The zero-order valence-electron chi connectivity index (χ0n) is 15.0. The van der Waals surface area contributed by atoms with Gasteiger partial charge in [-0.3, -0.25) is 0 Å². The van der Waals surface area contributed by atoms with E-state index in [1.807, 2.05) is 18.2 Å². The summed E-state index contributed by atoms with van der Waals surface area (Å²) in [5, 5.41) is 26.4. The first kappa shape index (κ1) is 17.7. The molecule has 4 aromatic rings. The molecule has 0 atom stereocenters. The van der Waals surface area contributed by atoms with Crippen LogP contribution in [0.3, 0.4) is 0 Å². The van der Waals surface area contributed by atoms with Crippen LogP contribution in [0, 0.1) is 25.2 Å². The van der Waals surface area contributed by atoms with E-state index >= 15 is 0 Å². The van der Waals surface area contributed by atoms with Gasteiger partial charge in [-0.1, -0.05) is 12.1 Å². The molecule has 0 unspecified atom stereocenters. The average Bonchev–Trinajstić information content (AvgIpc) is 3.33. The molecule has 140 valence electrons. The van der Waals surface area contributed by atoms with Crippen LogP contribution >= 0.6 is 0 Å². The summed E-state index contributed by atoms with van der Waals surface area (Å²) < 4.78 is 30.9. The Bertz CT molecular complexity index is 1200. The summed E-state index contributed by atoms with van der Waals surface area (Å²) in [6, 6.07) is 10.3. The van der Waals surface area contributed by atoms with Crippen LogP contribution < -0.4 is 0 Å². The standard InChI is InChI=1S/C18H14F2N8/c1-10-4-3-5-12(8-21)14(10)9-28-16-13(11(2)25-28)6-7-15(22-16)18(19,20)17-23-26-27-24-17/h3-7H,9H2,1-2H3,(H,23,24,26,27). The fourth-order valence-corrected chi connectivity index (χ4v) is 3.07. The van der Waals surface area contributed by atoms with Crippen molar-refractivity contribution in [2.24, 2.45) is 0 Å². The van der Waals surface area contributed by atoms with Crippen molar-refractivity contribution >= 4 is 11.0 Å². The molecule has 10 heteroatoms. The van der Waals surface area contributed by atoms with E-state index in [1.165, 1.54) is 10.7 Å². The number of H-pyrrole nitrogens is 1. The smallest absolute Gasteiger partial charge is 0.242 e. The molecule has 3 heterocycles. The predicted molar refractivity (Wildman–Crippen MR) is 94.4 cm³/mol. The SMILES string of the molecule is Cc1cccc(C#N)c1Cn1nc(C)c2ccc(C(F)(F)c3nn[nH]n3)nc21. The molecule has 28 heavy (non-hydrogen) atoms. The number of rotatable bonds is 4. The quantitative estimate of drug-likeness (QED) is 0.583. The van der Waals surface area contributed by atoms with Gasteiger partial charge in [-0.25, -0.2) is 9.67 Å². The van der Waals surface area contributed by atoms with Crippen molar-refractivity contribution in [1.29, 1.82) is 5.26 Å². The second-order valence-corrected chi connectivity index (χ2v) is 6.33. The molecule has 0 bridgehead atoms. The summed E-state index contributed by atoms with van der Waals surface area (Å²) >= 11 is 0. The molecule has 0 spiro atoms. The maximum Gasteiger partial charge on any atom is 0.351 e. The van der Waals surface area contributed by atoms with Gasteiger partial charge in [0.05, 0.1) is 23.9 Å². The number of aromatic nitrogens is 7. The van der Waals surface area contributed by atoms with Crippen molar-refractivity contribution in [2.75, 3.05) is 0 Å². The lowest BCUT2D eigenvalue weighted by molar-refractivity contribution is 0.0284. The van der Waals surface area contributed by atoms with Gasteiger partial charge < -0.3 is 0 Å². The molecule has 1 aromatic carbocycles. The first-order chi connectivity index (χ1) is 13.4. The van der Waals surface area contributed by atoms with Gasteiger partial charge in [0.1, 0.15) is 5.69 Å². The Labute approximate surface area is 157 Å². The van der Waals surface area contributed by atoms with Crippen LogP contribution in [0.2, 0.25) is 0 Å². The fraction of sp³-hybridized carbons (Fsp3) is 0.222. The minimum absolute atomic E-state index is 0.240. The van der Waals surface area contributed by atoms with E-state index in [-0.39, 0.29) is 6.54 Å². The minimum Gasteiger partial charge on any atom is -0.242 e. The Morgan fingerprint density at radius 1 is 1.21 bits per heavy atom. The summed E-state index contributed by atoms with van der Waals surface area (Å²) in [5.41, 5.74) is 2.64. The molecule has 0 aliphatic carbocycles. The van der Waals surface area contributed by atoms with Gasteiger partial charge in [0.2, 0.25) is 5.82 Å². The van der Waals surface area contributed by atoms with Gasteiger partial charge in [0, 0.05) is 5.39 Å². The van der Waals surface area contributed by atoms with Crippen molar-refractivity contribution in [3.05, 3.63) is 64.2 Å². The van der Waals surface area contributed by atoms with Crippen LogP contribution in [0.15, 0.2) is 30.3 Å². The van der Waals surface area contributed by atoms with Gasteiger partial charge >= 0.3 is 5.92 Å². The predicted octanol–water partition coefficient (Wildman–Crippen LogP) is 2.62. The highest BCUT2D eigenvalue weighted by atomic mass is 19.3. The third kappa shape index (κ3) is 2.77. The molecule has 0 saturated heterocycles. The number of nitrogens with zero attached hydrogens (tertiary/aromatic N) is 7. The lowest BCUT2D eigenvalue weighted by Crippen LogP contribution is -2.19. The van der Waals surface area contributed by atoms with Crippen molar-refractivity contribution in [2.45, 2.75) is 26.3 Å². The lowest BCUT2D eigenvalue weighted by Gasteiger charge is -2.12. The summed E-state index contributed by atoms with van der Waals surface area (Å²) in [7, 11) is 0. The first-order valence-corrected chi connectivity index (χ1v) is 8.36. The summed E-state index contributed by atoms with van der Waals surface area (Å²) in [5.74, 6) is -4.27. The number of aromatic amines is 1. The van der Waals surface area contributed by atoms with E-state index < -0.39 is 17.4 Å². The number of nitriles is 1. The lowest BCUT2D eigenvalue weighted by atomic mass is 10.0. The Kier molecular flexibility index (Phi) is 4.07. The Morgan fingerprint density at radius 2 is 2.04 bits per heavy atom. The first-order valence-electron chi connectivity index (χ1n) is 8.36. The van der Waals surface area contributed by atoms with Gasteiger partial charge in [0.25, 0.3) is 0 Å². The average molecular weight is 380 g/mol. The number of hydrogen-bond acceptors (Lipinski definition) is 6. The second-order valence-electron chi connectivity index (χ2n) is 6.33. The number of fused-ring (bicyclic) bond motifs is 1. The maximum absolute atomic E-state index is 14.7. The normalized spacial score (nSPS) is 11.7. The fourth-order valence-electron chi connectivity index (χ4n) is 3.07. The molecule has 0 fully saturated rings. The number of halogens is 2. The number of benzene rings is 1. The van der Waals surface area contributed by atoms with E-state index in [0.29, 0.717) is 22.3 Å². The zero-order valence-corrected chi connectivity index (χ0v) is 15.0. The van der Waals surface area contributed by atoms with Crippen LogP contribution in [0.4, 0.5) is 8.78 Å². The number of pyridine rings is 1. The van der Waals surface area contributed by atoms with Crippen LogP contribution in [0.25, 0.3) is 11.0 Å². The van der Waals surface area contributed by atoms with Gasteiger partial charge in [-0.2, -0.15) is 24.4 Å². The molecule has 4 rings (SSSR count). The Hall–Kier alpha value is -3.74. The second kappa shape index (κ2) is 6.45. The van der Waals surface area contributed by atoms with E-state index in [9.17, 15) is 14.0 Å². The summed E-state index contributed by atoms with van der Waals surface area (Å²) in [4.78, 5) is 4.15. The third-order valence-corrected chi connectivity index (χ3v) is 4.57. The number of hydrogen-bond donors (Lipinski definition) is 1. The maximum atomic E-state index is 14.7. The third-order valence-electron chi connectivity index (χ3n) is 4.57. The molecule has 0 amide bonds. The molecule has 8 nitrogen and oxygen atoms in total. The van der Waals surface area contributed by atoms with E-state index in [2.05, 4.69) is 31.6 Å². The summed E-state index contributed by atoms with van der Waals surface area (Å²) in [6.07, 6.45) is 0. The van der Waals surface area contributed by atoms with Gasteiger partial charge in [0.15, 0.2) is 5.65 Å². The molecular formula is C18H14F2N8. The largest absolute Gasteiger partial charge is 0.351 e. The monoisotopic (exact) mass is 380 g/mol. The molecule has 0 aliphatic rings.